The number of anilines is 1. The lowest BCUT2D eigenvalue weighted by Crippen LogP contribution is -2.24. The Balaban J connectivity index is 1.91. The van der Waals surface area contributed by atoms with Gasteiger partial charge in [0.25, 0.3) is 0 Å². The average molecular weight is 442 g/mol. The highest BCUT2D eigenvalue weighted by atomic mass is 16.5. The first kappa shape index (κ1) is 25.3. The monoisotopic (exact) mass is 441 g/mol. The number of aryl methyl sites for hydroxylation is 1. The van der Waals surface area contributed by atoms with Crippen molar-refractivity contribution in [3.63, 3.8) is 0 Å². The summed E-state index contributed by atoms with van der Waals surface area (Å²) >= 11 is 0. The van der Waals surface area contributed by atoms with Crippen molar-refractivity contribution in [1.82, 2.24) is 9.78 Å². The molecule has 1 aromatic carbocycles. The normalized spacial score (nSPS) is 12.2. The van der Waals surface area contributed by atoms with Gasteiger partial charge < -0.3 is 10.1 Å². The maximum atomic E-state index is 12.6. The van der Waals surface area contributed by atoms with E-state index in [1.807, 2.05) is 32.4 Å². The Bertz CT molecular complexity index is 958. The number of aromatic nitrogens is 2. The van der Waals surface area contributed by atoms with Crippen LogP contribution in [0.5, 0.6) is 0 Å². The minimum atomic E-state index is -0.885. The Morgan fingerprint density at radius 2 is 1.66 bits per heavy atom. The standard InChI is InChI=1S/C25H35N3O4/c1-15(2)14-28-18(6)22(17(5)27-28)12-13-23(29)32-19(7)24(30)20-8-10-21(11-9-20)26-25(31)16(3)4/h8-11,15-16,19H,12-14H2,1-7H3,(H,26,31). The van der Waals surface area contributed by atoms with Gasteiger partial charge in [0.05, 0.1) is 5.69 Å². The SMILES string of the molecule is Cc1nn(CC(C)C)c(C)c1CCC(=O)OC(C)C(=O)c1ccc(NC(=O)C(C)C)cc1. The topological polar surface area (TPSA) is 90.3 Å². The van der Waals surface area contributed by atoms with Crippen molar-refractivity contribution in [2.45, 2.75) is 74.0 Å². The van der Waals surface area contributed by atoms with E-state index in [-0.39, 0.29) is 24.0 Å². The van der Waals surface area contributed by atoms with Crippen molar-refractivity contribution in [2.24, 2.45) is 11.8 Å². The van der Waals surface area contributed by atoms with E-state index in [9.17, 15) is 14.4 Å². The molecule has 1 unspecified atom stereocenters. The van der Waals surface area contributed by atoms with E-state index in [1.54, 1.807) is 31.2 Å². The number of ether oxygens (including phenoxy) is 1. The molecule has 1 amide bonds. The van der Waals surface area contributed by atoms with Gasteiger partial charge in [-0.15, -0.1) is 0 Å². The molecule has 0 aliphatic rings. The van der Waals surface area contributed by atoms with E-state index >= 15 is 0 Å². The second-order valence-electron chi connectivity index (χ2n) is 8.94. The summed E-state index contributed by atoms with van der Waals surface area (Å²) in [5.41, 5.74) is 4.09. The molecule has 7 nitrogen and oxygen atoms in total. The lowest BCUT2D eigenvalue weighted by Gasteiger charge is -2.13. The molecule has 7 heteroatoms. The minimum absolute atomic E-state index is 0.0911. The van der Waals surface area contributed by atoms with E-state index in [0.29, 0.717) is 23.6 Å². The van der Waals surface area contributed by atoms with Crippen molar-refractivity contribution in [2.75, 3.05) is 5.32 Å². The van der Waals surface area contributed by atoms with Crippen LogP contribution in [-0.2, 0) is 27.3 Å². The number of carbonyl (C=O) groups excluding carboxylic acids is 3. The number of benzene rings is 1. The van der Waals surface area contributed by atoms with Crippen LogP contribution in [-0.4, -0.2) is 33.5 Å². The number of nitrogens with one attached hydrogen (secondary N) is 1. The number of ketones is 1. The molecule has 2 rings (SSSR count). The Kier molecular flexibility index (Phi) is 8.75. The van der Waals surface area contributed by atoms with Crippen LogP contribution in [0.3, 0.4) is 0 Å². The second-order valence-corrected chi connectivity index (χ2v) is 8.94. The summed E-state index contributed by atoms with van der Waals surface area (Å²) in [6, 6.07) is 6.59. The zero-order valence-electron chi connectivity index (χ0n) is 20.2. The van der Waals surface area contributed by atoms with Gasteiger partial charge in [-0.05, 0) is 62.9 Å². The third-order valence-electron chi connectivity index (χ3n) is 5.29. The average Bonchev–Trinajstić information content (AvgIpc) is 2.98. The van der Waals surface area contributed by atoms with Crippen molar-refractivity contribution in [3.05, 3.63) is 46.8 Å². The summed E-state index contributed by atoms with van der Waals surface area (Å²) in [5, 5.41) is 7.36. The smallest absolute Gasteiger partial charge is 0.306 e. The molecule has 1 aromatic heterocycles. The minimum Gasteiger partial charge on any atom is -0.454 e. The first-order valence-electron chi connectivity index (χ1n) is 11.2. The quantitative estimate of drug-likeness (QED) is 0.433. The van der Waals surface area contributed by atoms with Crippen molar-refractivity contribution in [3.8, 4) is 0 Å². The summed E-state index contributed by atoms with van der Waals surface area (Å²) in [6.07, 6.45) is -0.170. The largest absolute Gasteiger partial charge is 0.454 e. The fourth-order valence-corrected chi connectivity index (χ4v) is 3.40. The van der Waals surface area contributed by atoms with E-state index in [0.717, 1.165) is 23.5 Å². The van der Waals surface area contributed by atoms with E-state index in [1.165, 1.54) is 0 Å². The zero-order valence-corrected chi connectivity index (χ0v) is 20.2. The molecule has 32 heavy (non-hydrogen) atoms. The fourth-order valence-electron chi connectivity index (χ4n) is 3.40. The van der Waals surface area contributed by atoms with Crippen LogP contribution < -0.4 is 5.32 Å². The Labute approximate surface area is 190 Å². The van der Waals surface area contributed by atoms with Crippen LogP contribution in [0.1, 0.15) is 68.3 Å². The molecule has 1 atom stereocenters. The summed E-state index contributed by atoms with van der Waals surface area (Å²) in [4.78, 5) is 36.8. The number of amides is 1. The third-order valence-corrected chi connectivity index (χ3v) is 5.29. The molecular formula is C25H35N3O4. The van der Waals surface area contributed by atoms with Crippen LogP contribution in [0.2, 0.25) is 0 Å². The molecule has 0 aliphatic heterocycles. The molecule has 2 aromatic rings. The van der Waals surface area contributed by atoms with Gasteiger partial charge in [-0.1, -0.05) is 27.7 Å². The number of nitrogens with zero attached hydrogens (tertiary/aromatic N) is 2. The molecule has 0 radical (unpaired) electrons. The van der Waals surface area contributed by atoms with Crippen LogP contribution in [0.25, 0.3) is 0 Å². The van der Waals surface area contributed by atoms with Gasteiger partial charge in [0.15, 0.2) is 6.10 Å². The van der Waals surface area contributed by atoms with Crippen molar-refractivity contribution in [1.29, 1.82) is 0 Å². The van der Waals surface area contributed by atoms with Gasteiger partial charge in [-0.3, -0.25) is 19.1 Å². The van der Waals surface area contributed by atoms with E-state index in [4.69, 9.17) is 4.74 Å². The third kappa shape index (κ3) is 6.77. The first-order chi connectivity index (χ1) is 15.0. The fraction of sp³-hybridized carbons (Fsp3) is 0.520. The van der Waals surface area contributed by atoms with Crippen LogP contribution in [0.4, 0.5) is 5.69 Å². The number of hydrogen-bond donors (Lipinski definition) is 1. The van der Waals surface area contributed by atoms with E-state index < -0.39 is 12.1 Å². The molecule has 0 spiro atoms. The van der Waals surface area contributed by atoms with Crippen LogP contribution in [0, 0.1) is 25.7 Å². The van der Waals surface area contributed by atoms with Gasteiger partial charge in [-0.25, -0.2) is 0 Å². The summed E-state index contributed by atoms with van der Waals surface area (Å²) in [6.45, 7) is 14.3. The predicted molar refractivity (Wildman–Crippen MR) is 125 cm³/mol. The summed E-state index contributed by atoms with van der Waals surface area (Å²) in [5.74, 6) is -0.433. The molecule has 0 aliphatic carbocycles. The highest BCUT2D eigenvalue weighted by Gasteiger charge is 2.21. The number of carbonyl (C=O) groups is 3. The van der Waals surface area contributed by atoms with Gasteiger partial charge in [0.2, 0.25) is 11.7 Å². The van der Waals surface area contributed by atoms with Gasteiger partial charge in [0, 0.05) is 35.8 Å². The molecule has 1 heterocycles. The maximum absolute atomic E-state index is 12.6. The van der Waals surface area contributed by atoms with Gasteiger partial charge in [-0.2, -0.15) is 5.10 Å². The van der Waals surface area contributed by atoms with Crippen LogP contribution >= 0.6 is 0 Å². The van der Waals surface area contributed by atoms with Crippen molar-refractivity contribution >= 4 is 23.3 Å². The Morgan fingerprint density at radius 3 is 2.22 bits per heavy atom. The highest BCUT2D eigenvalue weighted by Crippen LogP contribution is 2.18. The van der Waals surface area contributed by atoms with Gasteiger partial charge in [0.1, 0.15) is 0 Å². The number of esters is 1. The van der Waals surface area contributed by atoms with Crippen LogP contribution in [0.15, 0.2) is 24.3 Å². The Morgan fingerprint density at radius 1 is 1.03 bits per heavy atom. The number of hydrogen-bond acceptors (Lipinski definition) is 5. The molecule has 0 saturated carbocycles. The lowest BCUT2D eigenvalue weighted by atomic mass is 10.1. The van der Waals surface area contributed by atoms with Gasteiger partial charge >= 0.3 is 5.97 Å². The lowest BCUT2D eigenvalue weighted by molar-refractivity contribution is -0.146. The molecule has 1 N–H and O–H groups in total. The number of Topliss-reactive ketones (excluding diaryl/α,β-unsaturated/α-hetero) is 1. The molecular weight excluding hydrogens is 406 g/mol. The number of rotatable bonds is 10. The zero-order chi connectivity index (χ0) is 24.0. The molecule has 174 valence electrons. The molecule has 0 fully saturated rings. The highest BCUT2D eigenvalue weighted by molar-refractivity contribution is 6.01. The summed E-state index contributed by atoms with van der Waals surface area (Å²) < 4.78 is 7.37. The predicted octanol–water partition coefficient (Wildman–Crippen LogP) is 4.50. The second kappa shape index (κ2) is 11.1. The Hall–Kier alpha value is -2.96. The molecule has 0 bridgehead atoms. The first-order valence-corrected chi connectivity index (χ1v) is 11.2. The summed E-state index contributed by atoms with van der Waals surface area (Å²) in [7, 11) is 0. The van der Waals surface area contributed by atoms with Crippen molar-refractivity contribution < 1.29 is 19.1 Å². The van der Waals surface area contributed by atoms with E-state index in [2.05, 4.69) is 24.3 Å². The molecule has 0 saturated heterocycles. The maximum Gasteiger partial charge on any atom is 0.306 e.